The average Bonchev–Trinajstić information content (AvgIpc) is 3.35. The van der Waals surface area contributed by atoms with E-state index in [4.69, 9.17) is 4.74 Å². The molecule has 2 heterocycles. The van der Waals surface area contributed by atoms with Gasteiger partial charge in [-0.25, -0.2) is 0 Å². The van der Waals surface area contributed by atoms with Crippen LogP contribution < -0.4 is 15.0 Å². The van der Waals surface area contributed by atoms with E-state index in [9.17, 15) is 9.59 Å². The van der Waals surface area contributed by atoms with Gasteiger partial charge in [-0.05, 0) is 52.3 Å². The molecule has 2 aromatic carbocycles. The molecule has 29 heavy (non-hydrogen) atoms. The highest BCUT2D eigenvalue weighted by atomic mass is 79.9. The van der Waals surface area contributed by atoms with Crippen LogP contribution in [-0.2, 0) is 4.79 Å². The van der Waals surface area contributed by atoms with Crippen molar-refractivity contribution in [3.8, 4) is 5.75 Å². The largest absolute Gasteiger partial charge is 0.497 e. The van der Waals surface area contributed by atoms with Crippen LogP contribution in [0.25, 0.3) is 0 Å². The number of carbonyl (C=O) groups excluding carboxylic acids is 2. The zero-order chi connectivity index (χ0) is 20.4. The van der Waals surface area contributed by atoms with Crippen LogP contribution in [0.1, 0.15) is 27.7 Å². The van der Waals surface area contributed by atoms with E-state index in [1.54, 1.807) is 30.2 Å². The van der Waals surface area contributed by atoms with E-state index in [-0.39, 0.29) is 17.7 Å². The van der Waals surface area contributed by atoms with Gasteiger partial charge in [-0.3, -0.25) is 14.9 Å². The minimum absolute atomic E-state index is 0.0363. The molecule has 1 atom stereocenters. The molecule has 1 saturated heterocycles. The van der Waals surface area contributed by atoms with Gasteiger partial charge in [0.2, 0.25) is 11.0 Å². The van der Waals surface area contributed by atoms with E-state index in [1.165, 1.54) is 11.3 Å². The molecule has 1 aliphatic heterocycles. The average molecular weight is 473 g/mol. The Balaban J connectivity index is 1.45. The molecule has 0 saturated carbocycles. The van der Waals surface area contributed by atoms with Crippen LogP contribution in [0.5, 0.6) is 5.75 Å². The first-order valence-corrected chi connectivity index (χ1v) is 10.5. The Hall–Kier alpha value is -2.78. The number of benzene rings is 2. The standard InChI is InChI=1S/C20H17BrN4O3S/c1-28-14-8-6-13(7-9-14)25-11-12(10-17(25)26)19-23-24-20(29-19)22-18(27)15-4-2-3-5-16(15)21/h2-9,12H,10-11H2,1H3,(H,22,24,27). The molecule has 1 fully saturated rings. The number of rotatable bonds is 5. The molecule has 1 aromatic heterocycles. The third-order valence-corrected chi connectivity index (χ3v) is 6.33. The second-order valence-corrected chi connectivity index (χ2v) is 8.35. The summed E-state index contributed by atoms with van der Waals surface area (Å²) in [5.41, 5.74) is 1.34. The molecule has 0 spiro atoms. The number of nitrogens with zero attached hydrogens (tertiary/aromatic N) is 3. The third-order valence-electron chi connectivity index (χ3n) is 4.64. The number of aromatic nitrogens is 2. The van der Waals surface area contributed by atoms with Crippen LogP contribution in [0.15, 0.2) is 53.0 Å². The van der Waals surface area contributed by atoms with Crippen LogP contribution in [-0.4, -0.2) is 35.7 Å². The summed E-state index contributed by atoms with van der Waals surface area (Å²) in [4.78, 5) is 26.7. The lowest BCUT2D eigenvalue weighted by Gasteiger charge is -2.16. The van der Waals surface area contributed by atoms with Crippen LogP contribution in [0, 0.1) is 0 Å². The Morgan fingerprint density at radius 3 is 2.69 bits per heavy atom. The van der Waals surface area contributed by atoms with E-state index in [0.717, 1.165) is 16.4 Å². The van der Waals surface area contributed by atoms with Crippen molar-refractivity contribution in [1.82, 2.24) is 10.2 Å². The highest BCUT2D eigenvalue weighted by Gasteiger charge is 2.34. The second kappa shape index (κ2) is 8.30. The van der Waals surface area contributed by atoms with Crippen molar-refractivity contribution in [2.24, 2.45) is 0 Å². The fourth-order valence-electron chi connectivity index (χ4n) is 3.14. The van der Waals surface area contributed by atoms with Crippen LogP contribution in [0.2, 0.25) is 0 Å². The summed E-state index contributed by atoms with van der Waals surface area (Å²) in [5, 5.41) is 12.2. The summed E-state index contributed by atoms with van der Waals surface area (Å²) in [7, 11) is 1.61. The number of anilines is 2. The van der Waals surface area contributed by atoms with Gasteiger partial charge >= 0.3 is 0 Å². The predicted molar refractivity (Wildman–Crippen MR) is 115 cm³/mol. The normalized spacial score (nSPS) is 16.1. The number of halogens is 1. The summed E-state index contributed by atoms with van der Waals surface area (Å²) >= 11 is 4.67. The van der Waals surface area contributed by atoms with Crippen molar-refractivity contribution in [1.29, 1.82) is 0 Å². The maximum absolute atomic E-state index is 12.5. The molecule has 1 N–H and O–H groups in total. The fourth-order valence-corrected chi connectivity index (χ4v) is 4.44. The fraction of sp³-hybridized carbons (Fsp3) is 0.200. The monoisotopic (exact) mass is 472 g/mol. The molecule has 2 amide bonds. The third kappa shape index (κ3) is 4.15. The number of hydrogen-bond donors (Lipinski definition) is 1. The Bertz CT molecular complexity index is 1050. The number of amides is 2. The summed E-state index contributed by atoms with van der Waals surface area (Å²) < 4.78 is 5.87. The highest BCUT2D eigenvalue weighted by Crippen LogP contribution is 2.35. The molecular weight excluding hydrogens is 456 g/mol. The van der Waals surface area contributed by atoms with Gasteiger partial charge in [-0.1, -0.05) is 23.5 Å². The van der Waals surface area contributed by atoms with Crippen LogP contribution in [0.3, 0.4) is 0 Å². The lowest BCUT2D eigenvalue weighted by Crippen LogP contribution is -2.24. The minimum Gasteiger partial charge on any atom is -0.497 e. The van der Waals surface area contributed by atoms with Gasteiger partial charge in [0.05, 0.1) is 12.7 Å². The van der Waals surface area contributed by atoms with E-state index in [2.05, 4.69) is 31.4 Å². The van der Waals surface area contributed by atoms with Crippen molar-refractivity contribution in [3.63, 3.8) is 0 Å². The Kier molecular flexibility index (Phi) is 5.59. The molecule has 0 bridgehead atoms. The lowest BCUT2D eigenvalue weighted by molar-refractivity contribution is -0.117. The minimum atomic E-state index is -0.262. The van der Waals surface area contributed by atoms with Gasteiger partial charge in [0.15, 0.2) is 0 Å². The Morgan fingerprint density at radius 1 is 1.21 bits per heavy atom. The van der Waals surface area contributed by atoms with Crippen molar-refractivity contribution in [3.05, 3.63) is 63.6 Å². The topological polar surface area (TPSA) is 84.4 Å². The quantitative estimate of drug-likeness (QED) is 0.604. The molecule has 7 nitrogen and oxygen atoms in total. The van der Waals surface area contributed by atoms with Gasteiger partial charge in [0.25, 0.3) is 5.91 Å². The molecule has 1 aliphatic rings. The second-order valence-electron chi connectivity index (χ2n) is 6.48. The summed E-state index contributed by atoms with van der Waals surface area (Å²) in [6.45, 7) is 0.526. The van der Waals surface area contributed by atoms with Gasteiger partial charge < -0.3 is 9.64 Å². The van der Waals surface area contributed by atoms with Crippen molar-refractivity contribution >= 4 is 49.9 Å². The number of hydrogen-bond acceptors (Lipinski definition) is 6. The van der Waals surface area contributed by atoms with Gasteiger partial charge in [-0.15, -0.1) is 10.2 Å². The summed E-state index contributed by atoms with van der Waals surface area (Å²) in [6.07, 6.45) is 0.360. The number of nitrogens with one attached hydrogen (secondary N) is 1. The molecule has 1 unspecified atom stereocenters. The van der Waals surface area contributed by atoms with Gasteiger partial charge in [0.1, 0.15) is 10.8 Å². The van der Waals surface area contributed by atoms with Crippen LogP contribution in [0.4, 0.5) is 10.8 Å². The van der Waals surface area contributed by atoms with Crippen molar-refractivity contribution in [2.45, 2.75) is 12.3 Å². The van der Waals surface area contributed by atoms with Crippen molar-refractivity contribution < 1.29 is 14.3 Å². The smallest absolute Gasteiger partial charge is 0.258 e. The van der Waals surface area contributed by atoms with E-state index >= 15 is 0 Å². The van der Waals surface area contributed by atoms with E-state index < -0.39 is 0 Å². The van der Waals surface area contributed by atoms with Crippen LogP contribution >= 0.6 is 27.3 Å². The SMILES string of the molecule is COc1ccc(N2CC(c3nnc(NC(=O)c4ccccc4Br)s3)CC2=O)cc1. The first-order chi connectivity index (χ1) is 14.0. The van der Waals surface area contributed by atoms with Gasteiger partial charge in [-0.2, -0.15) is 0 Å². The molecule has 3 aromatic rings. The molecule has 0 radical (unpaired) electrons. The first-order valence-electron chi connectivity index (χ1n) is 8.89. The van der Waals surface area contributed by atoms with Gasteiger partial charge in [0, 0.05) is 29.0 Å². The number of carbonyl (C=O) groups is 2. The molecule has 148 valence electrons. The predicted octanol–water partition coefficient (Wildman–Crippen LogP) is 4.08. The van der Waals surface area contributed by atoms with E-state index in [1.807, 2.05) is 30.3 Å². The number of ether oxygens (including phenoxy) is 1. The zero-order valence-electron chi connectivity index (χ0n) is 15.5. The number of methoxy groups -OCH3 is 1. The first kappa shape index (κ1) is 19.5. The van der Waals surface area contributed by atoms with Crippen molar-refractivity contribution in [2.75, 3.05) is 23.9 Å². The lowest BCUT2D eigenvalue weighted by atomic mass is 10.1. The Labute approximate surface area is 179 Å². The molecular formula is C20H17BrN4O3S. The molecule has 0 aliphatic carbocycles. The Morgan fingerprint density at radius 2 is 1.97 bits per heavy atom. The summed E-state index contributed by atoms with van der Waals surface area (Å²) in [6, 6.07) is 14.6. The zero-order valence-corrected chi connectivity index (χ0v) is 17.9. The summed E-state index contributed by atoms with van der Waals surface area (Å²) in [5.74, 6) is 0.458. The highest BCUT2D eigenvalue weighted by molar-refractivity contribution is 9.10. The molecule has 9 heteroatoms. The maximum atomic E-state index is 12.5. The van der Waals surface area contributed by atoms with E-state index in [0.29, 0.717) is 28.1 Å². The maximum Gasteiger partial charge on any atom is 0.258 e. The molecule has 4 rings (SSSR count).